The topological polar surface area (TPSA) is 76.1 Å². The molecule has 1 saturated heterocycles. The number of amides is 1. The average Bonchev–Trinajstić information content (AvgIpc) is 2.52. The van der Waals surface area contributed by atoms with E-state index in [1.807, 2.05) is 0 Å². The Kier molecular flexibility index (Phi) is 5.09. The highest BCUT2D eigenvalue weighted by Gasteiger charge is 2.34. The summed E-state index contributed by atoms with van der Waals surface area (Å²) in [6.07, 6.45) is -5.73. The predicted molar refractivity (Wildman–Crippen MR) is 70.9 cm³/mol. The SMILES string of the molecule is O=C(O)C1CN(C(=O)COc2ccccc2C(F)(F)F)CCO1. The minimum atomic E-state index is -4.59. The van der Waals surface area contributed by atoms with Gasteiger partial charge in [-0.1, -0.05) is 12.1 Å². The van der Waals surface area contributed by atoms with Crippen molar-refractivity contribution in [2.45, 2.75) is 12.3 Å². The lowest BCUT2D eigenvalue weighted by Gasteiger charge is -2.30. The molecule has 1 unspecified atom stereocenters. The summed E-state index contributed by atoms with van der Waals surface area (Å²) in [7, 11) is 0. The molecule has 1 amide bonds. The number of aliphatic carboxylic acids is 1. The molecule has 1 N–H and O–H groups in total. The first-order valence-corrected chi connectivity index (χ1v) is 6.70. The Bertz CT molecular complexity index is 590. The molecule has 0 bridgehead atoms. The van der Waals surface area contributed by atoms with Crippen molar-refractivity contribution < 1.29 is 37.3 Å². The van der Waals surface area contributed by atoms with Gasteiger partial charge in [-0.3, -0.25) is 4.79 Å². The smallest absolute Gasteiger partial charge is 0.419 e. The molecule has 126 valence electrons. The minimum Gasteiger partial charge on any atom is -0.483 e. The van der Waals surface area contributed by atoms with Gasteiger partial charge >= 0.3 is 12.1 Å². The molecule has 1 aromatic carbocycles. The normalized spacial score (nSPS) is 18.6. The van der Waals surface area contributed by atoms with E-state index in [0.29, 0.717) is 0 Å². The van der Waals surface area contributed by atoms with Crippen LogP contribution in [0.25, 0.3) is 0 Å². The zero-order valence-corrected chi connectivity index (χ0v) is 11.9. The number of carboxylic acid groups (broad SMARTS) is 1. The Labute approximate surface area is 129 Å². The van der Waals surface area contributed by atoms with E-state index in [2.05, 4.69) is 0 Å². The summed E-state index contributed by atoms with van der Waals surface area (Å²) < 4.78 is 48.4. The number of ether oxygens (including phenoxy) is 2. The van der Waals surface area contributed by atoms with E-state index < -0.39 is 42.1 Å². The molecule has 0 spiro atoms. The molecule has 1 aromatic rings. The van der Waals surface area contributed by atoms with Crippen LogP contribution in [0, 0.1) is 0 Å². The van der Waals surface area contributed by atoms with Crippen LogP contribution in [0.3, 0.4) is 0 Å². The third kappa shape index (κ3) is 4.35. The zero-order valence-electron chi connectivity index (χ0n) is 11.9. The quantitative estimate of drug-likeness (QED) is 0.901. The van der Waals surface area contributed by atoms with E-state index in [1.54, 1.807) is 0 Å². The molecule has 1 atom stereocenters. The standard InChI is InChI=1S/C14H14F3NO5/c15-14(16,17)9-3-1-2-4-10(9)23-8-12(19)18-5-6-22-11(7-18)13(20)21/h1-4,11H,5-8H2,(H,20,21). The summed E-state index contributed by atoms with van der Waals surface area (Å²) in [5.74, 6) is -2.25. The van der Waals surface area contributed by atoms with Gasteiger partial charge in [-0.2, -0.15) is 13.2 Å². The van der Waals surface area contributed by atoms with E-state index in [0.717, 1.165) is 12.1 Å². The van der Waals surface area contributed by atoms with Crippen molar-refractivity contribution in [3.8, 4) is 5.75 Å². The lowest BCUT2D eigenvalue weighted by molar-refractivity contribution is -0.160. The fourth-order valence-electron chi connectivity index (χ4n) is 2.08. The van der Waals surface area contributed by atoms with Crippen molar-refractivity contribution in [2.75, 3.05) is 26.3 Å². The van der Waals surface area contributed by atoms with Crippen molar-refractivity contribution in [1.29, 1.82) is 0 Å². The van der Waals surface area contributed by atoms with Gasteiger partial charge in [0, 0.05) is 6.54 Å². The van der Waals surface area contributed by atoms with Crippen LogP contribution in [0.1, 0.15) is 5.56 Å². The maximum atomic E-state index is 12.8. The fourth-order valence-corrected chi connectivity index (χ4v) is 2.08. The van der Waals surface area contributed by atoms with Gasteiger partial charge in [-0.25, -0.2) is 4.79 Å². The van der Waals surface area contributed by atoms with Crippen molar-refractivity contribution in [1.82, 2.24) is 4.90 Å². The highest BCUT2D eigenvalue weighted by atomic mass is 19.4. The molecule has 1 heterocycles. The van der Waals surface area contributed by atoms with Crippen molar-refractivity contribution in [3.63, 3.8) is 0 Å². The van der Waals surface area contributed by atoms with Gasteiger partial charge in [0.1, 0.15) is 5.75 Å². The Morgan fingerprint density at radius 2 is 2.04 bits per heavy atom. The highest BCUT2D eigenvalue weighted by Crippen LogP contribution is 2.35. The lowest BCUT2D eigenvalue weighted by Crippen LogP contribution is -2.49. The monoisotopic (exact) mass is 333 g/mol. The summed E-state index contributed by atoms with van der Waals surface area (Å²) in [5, 5.41) is 8.85. The molecule has 0 aromatic heterocycles. The molecule has 2 rings (SSSR count). The third-order valence-electron chi connectivity index (χ3n) is 3.24. The Hall–Kier alpha value is -2.29. The number of rotatable bonds is 4. The molecule has 23 heavy (non-hydrogen) atoms. The number of carbonyl (C=O) groups excluding carboxylic acids is 1. The Morgan fingerprint density at radius 3 is 2.70 bits per heavy atom. The van der Waals surface area contributed by atoms with Crippen LogP contribution < -0.4 is 4.74 Å². The van der Waals surface area contributed by atoms with Crippen molar-refractivity contribution >= 4 is 11.9 Å². The second kappa shape index (κ2) is 6.86. The number of carboxylic acids is 1. The summed E-state index contributed by atoms with van der Waals surface area (Å²) in [5.41, 5.74) is -0.974. The van der Waals surface area contributed by atoms with Gasteiger partial charge in [0.25, 0.3) is 5.91 Å². The first-order valence-electron chi connectivity index (χ1n) is 6.70. The average molecular weight is 333 g/mol. The van der Waals surface area contributed by atoms with Crippen LogP contribution in [0.5, 0.6) is 5.75 Å². The van der Waals surface area contributed by atoms with E-state index in [4.69, 9.17) is 14.6 Å². The van der Waals surface area contributed by atoms with Gasteiger partial charge in [-0.05, 0) is 12.1 Å². The third-order valence-corrected chi connectivity index (χ3v) is 3.24. The van der Waals surface area contributed by atoms with Gasteiger partial charge in [0.2, 0.25) is 0 Å². The largest absolute Gasteiger partial charge is 0.483 e. The van der Waals surface area contributed by atoms with Gasteiger partial charge in [0.05, 0.1) is 18.7 Å². The molecule has 0 aliphatic carbocycles. The fraction of sp³-hybridized carbons (Fsp3) is 0.429. The van der Waals surface area contributed by atoms with Crippen LogP contribution in [-0.4, -0.2) is 54.3 Å². The summed E-state index contributed by atoms with van der Waals surface area (Å²) in [6.45, 7) is -0.577. The number of para-hydroxylation sites is 1. The number of carbonyl (C=O) groups is 2. The first kappa shape index (κ1) is 17.1. The van der Waals surface area contributed by atoms with E-state index >= 15 is 0 Å². The number of benzene rings is 1. The molecule has 6 nitrogen and oxygen atoms in total. The number of halogens is 3. The molecular formula is C14H14F3NO5. The van der Waals surface area contributed by atoms with Crippen LogP contribution in [0.15, 0.2) is 24.3 Å². The van der Waals surface area contributed by atoms with E-state index in [1.165, 1.54) is 17.0 Å². The second-order valence-corrected chi connectivity index (χ2v) is 4.82. The number of alkyl halides is 3. The maximum absolute atomic E-state index is 12.8. The lowest BCUT2D eigenvalue weighted by atomic mass is 10.2. The molecule has 0 radical (unpaired) electrons. The molecular weight excluding hydrogens is 319 g/mol. The summed E-state index contributed by atoms with van der Waals surface area (Å²) >= 11 is 0. The zero-order chi connectivity index (χ0) is 17.0. The predicted octanol–water partition coefficient (Wildman–Crippen LogP) is 1.40. The second-order valence-electron chi connectivity index (χ2n) is 4.82. The van der Waals surface area contributed by atoms with Crippen LogP contribution in [0.2, 0.25) is 0 Å². The highest BCUT2D eigenvalue weighted by molar-refractivity contribution is 5.79. The van der Waals surface area contributed by atoms with E-state index in [-0.39, 0.29) is 19.7 Å². The first-order chi connectivity index (χ1) is 10.8. The van der Waals surface area contributed by atoms with Crippen LogP contribution in [0.4, 0.5) is 13.2 Å². The number of hydrogen-bond acceptors (Lipinski definition) is 4. The molecule has 1 fully saturated rings. The van der Waals surface area contributed by atoms with Crippen molar-refractivity contribution in [3.05, 3.63) is 29.8 Å². The summed E-state index contributed by atoms with van der Waals surface area (Å²) in [6, 6.07) is 4.56. The minimum absolute atomic E-state index is 0.0435. The van der Waals surface area contributed by atoms with Gasteiger partial charge in [-0.15, -0.1) is 0 Å². The molecule has 0 saturated carbocycles. The Balaban J connectivity index is 1.99. The summed E-state index contributed by atoms with van der Waals surface area (Å²) in [4.78, 5) is 24.0. The molecule has 9 heteroatoms. The van der Waals surface area contributed by atoms with E-state index in [9.17, 15) is 22.8 Å². The number of nitrogens with zero attached hydrogens (tertiary/aromatic N) is 1. The number of morpholine rings is 1. The van der Waals surface area contributed by atoms with Crippen molar-refractivity contribution in [2.24, 2.45) is 0 Å². The number of hydrogen-bond donors (Lipinski definition) is 1. The Morgan fingerprint density at radius 1 is 1.35 bits per heavy atom. The van der Waals surface area contributed by atoms with Gasteiger partial charge < -0.3 is 19.5 Å². The molecule has 1 aliphatic rings. The molecule has 1 aliphatic heterocycles. The maximum Gasteiger partial charge on any atom is 0.419 e. The van der Waals surface area contributed by atoms with Gasteiger partial charge in [0.15, 0.2) is 12.7 Å². The van der Waals surface area contributed by atoms with Crippen LogP contribution in [-0.2, 0) is 20.5 Å². The van der Waals surface area contributed by atoms with Crippen LogP contribution >= 0.6 is 0 Å².